The highest BCUT2D eigenvalue weighted by Crippen LogP contribution is 2.21. The van der Waals surface area contributed by atoms with E-state index in [1.54, 1.807) is 25.1 Å². The summed E-state index contributed by atoms with van der Waals surface area (Å²) in [5.41, 5.74) is 0.768. The Bertz CT molecular complexity index is 1660. The highest BCUT2D eigenvalue weighted by atomic mass is 32.1. The van der Waals surface area contributed by atoms with Gasteiger partial charge in [-0.1, -0.05) is 78.9 Å². The lowest BCUT2D eigenvalue weighted by molar-refractivity contribution is -0.142. The van der Waals surface area contributed by atoms with E-state index in [4.69, 9.17) is 17.0 Å². The summed E-state index contributed by atoms with van der Waals surface area (Å²) in [5.74, 6) is -0.476. The average Bonchev–Trinajstić information content (AvgIpc) is 3.87. The maximum absolute atomic E-state index is 14.6. The summed E-state index contributed by atoms with van der Waals surface area (Å²) in [7, 11) is 3.48. The maximum atomic E-state index is 14.6. The molecule has 0 heterocycles. The molecule has 3 aromatic rings. The molecule has 9 nitrogen and oxygen atoms in total. The third-order valence-corrected chi connectivity index (χ3v) is 8.95. The number of carbonyl (C=O) groups excluding carboxylic acids is 3. The van der Waals surface area contributed by atoms with Crippen molar-refractivity contribution < 1.29 is 19.1 Å². The van der Waals surface area contributed by atoms with Crippen molar-refractivity contribution in [2.75, 3.05) is 20.6 Å². The first-order valence-electron chi connectivity index (χ1n) is 17.4. The molecular formula is C40H53N5O4S. The number of nitrogens with one attached hydrogen (secondary N) is 3. The zero-order valence-electron chi connectivity index (χ0n) is 30.5. The predicted octanol–water partition coefficient (Wildman–Crippen LogP) is 6.16. The Morgan fingerprint density at radius 2 is 1.54 bits per heavy atom. The van der Waals surface area contributed by atoms with Gasteiger partial charge in [-0.05, 0) is 100 Å². The molecule has 4 rings (SSSR count). The van der Waals surface area contributed by atoms with E-state index in [1.165, 1.54) is 11.0 Å². The molecule has 3 amide bonds. The number of amides is 3. The molecule has 0 aliphatic heterocycles. The van der Waals surface area contributed by atoms with Crippen molar-refractivity contribution in [3.63, 3.8) is 0 Å². The average molecular weight is 700 g/mol. The summed E-state index contributed by atoms with van der Waals surface area (Å²) < 4.78 is 5.40. The van der Waals surface area contributed by atoms with Gasteiger partial charge in [0.05, 0.1) is 6.04 Å². The minimum atomic E-state index is -0.777. The smallest absolute Gasteiger partial charge is 0.408 e. The van der Waals surface area contributed by atoms with Crippen molar-refractivity contribution in [3.8, 4) is 0 Å². The number of rotatable bonds is 14. The molecule has 3 aromatic carbocycles. The maximum Gasteiger partial charge on any atom is 0.408 e. The van der Waals surface area contributed by atoms with E-state index in [0.717, 1.165) is 34.7 Å². The predicted molar refractivity (Wildman–Crippen MR) is 205 cm³/mol. The fourth-order valence-electron chi connectivity index (χ4n) is 5.66. The van der Waals surface area contributed by atoms with E-state index in [1.807, 2.05) is 83.1 Å². The summed E-state index contributed by atoms with van der Waals surface area (Å²) in [6.07, 6.45) is 6.23. The van der Waals surface area contributed by atoms with Crippen LogP contribution in [0.5, 0.6) is 0 Å². The Morgan fingerprint density at radius 3 is 2.20 bits per heavy atom. The van der Waals surface area contributed by atoms with Gasteiger partial charge in [0.25, 0.3) is 0 Å². The molecule has 2 atom stereocenters. The lowest BCUT2D eigenvalue weighted by Gasteiger charge is -2.35. The molecule has 1 fully saturated rings. The summed E-state index contributed by atoms with van der Waals surface area (Å²) >= 11 is 5.55. The molecule has 50 heavy (non-hydrogen) atoms. The fraction of sp³-hybridized carbons (Fsp3) is 0.450. The Kier molecular flexibility index (Phi) is 13.0. The lowest BCUT2D eigenvalue weighted by Crippen LogP contribution is -2.55. The van der Waals surface area contributed by atoms with Gasteiger partial charge in [0.1, 0.15) is 11.6 Å². The van der Waals surface area contributed by atoms with Gasteiger partial charge in [-0.2, -0.15) is 0 Å². The molecule has 3 N–H and O–H groups in total. The molecule has 0 spiro atoms. The van der Waals surface area contributed by atoms with Gasteiger partial charge in [0, 0.05) is 38.6 Å². The first-order chi connectivity index (χ1) is 23.6. The van der Waals surface area contributed by atoms with Crippen molar-refractivity contribution >= 4 is 46.0 Å². The first kappa shape index (κ1) is 38.4. The van der Waals surface area contributed by atoms with Gasteiger partial charge < -0.3 is 30.5 Å². The monoisotopic (exact) mass is 699 g/mol. The van der Waals surface area contributed by atoms with Crippen molar-refractivity contribution in [1.29, 1.82) is 0 Å². The van der Waals surface area contributed by atoms with Gasteiger partial charge >= 0.3 is 6.09 Å². The van der Waals surface area contributed by atoms with Crippen LogP contribution in [0.1, 0.15) is 65.0 Å². The first-order valence-corrected chi connectivity index (χ1v) is 17.8. The lowest BCUT2D eigenvalue weighted by atomic mass is 9.98. The van der Waals surface area contributed by atoms with Crippen molar-refractivity contribution in [3.05, 3.63) is 96.1 Å². The van der Waals surface area contributed by atoms with E-state index < -0.39 is 23.3 Å². The number of hydrogen-bond donors (Lipinski definition) is 3. The van der Waals surface area contributed by atoms with Gasteiger partial charge in [-0.3, -0.25) is 9.59 Å². The zero-order valence-corrected chi connectivity index (χ0v) is 31.3. The second-order valence-electron chi connectivity index (χ2n) is 14.9. The number of ether oxygens (including phenoxy) is 1. The number of nitrogens with zero attached hydrogens (tertiary/aromatic N) is 2. The molecule has 268 valence electrons. The molecule has 1 aliphatic rings. The van der Waals surface area contributed by atoms with E-state index in [9.17, 15) is 14.4 Å². The molecule has 1 aliphatic carbocycles. The number of likely N-dealkylation sites (N-methyl/N-ethyl adjacent to an activating group) is 2. The minimum absolute atomic E-state index is 0.168. The van der Waals surface area contributed by atoms with Crippen LogP contribution in [0.15, 0.2) is 84.9 Å². The number of alkyl carbamates (subject to hydrolysis) is 1. The molecule has 0 bridgehead atoms. The largest absolute Gasteiger partial charge is 0.444 e. The summed E-state index contributed by atoms with van der Waals surface area (Å²) in [5, 5.41) is 12.3. The standard InChI is InChI=1S/C40H53N5O4S/c1-39(2,3)49-38(48)43-40(4,5)23-13-18-35(46)45(7)34(26-29-19-20-30-16-11-12-17-31(30)24-29)36(47)44(6)33(25-28-14-9-8-10-15-28)27-41-37(50)42-32-21-22-32/h8-20,24,32-34H,21-23,25-27H2,1-7H3,(H,43,48)(H2,41,42,50)/t33-,34-/m1/s1. The number of benzene rings is 3. The molecule has 0 radical (unpaired) electrons. The number of carbonyl (C=O) groups is 3. The molecule has 10 heteroatoms. The highest BCUT2D eigenvalue weighted by molar-refractivity contribution is 7.80. The van der Waals surface area contributed by atoms with Gasteiger partial charge in [0.15, 0.2) is 5.11 Å². The van der Waals surface area contributed by atoms with E-state index >= 15 is 0 Å². The topological polar surface area (TPSA) is 103 Å². The normalized spacial score (nSPS) is 14.5. The van der Waals surface area contributed by atoms with Crippen LogP contribution in [-0.4, -0.2) is 82.7 Å². The van der Waals surface area contributed by atoms with Crippen LogP contribution in [0.4, 0.5) is 4.79 Å². The minimum Gasteiger partial charge on any atom is -0.444 e. The van der Waals surface area contributed by atoms with Crippen LogP contribution in [-0.2, 0) is 27.2 Å². The van der Waals surface area contributed by atoms with Crippen LogP contribution in [0, 0.1) is 0 Å². The molecule has 0 aromatic heterocycles. The summed E-state index contributed by atoms with van der Waals surface area (Å²) in [6.45, 7) is 9.61. The fourth-order valence-corrected chi connectivity index (χ4v) is 5.91. The number of fused-ring (bicyclic) bond motifs is 1. The number of hydrogen-bond acceptors (Lipinski definition) is 5. The second kappa shape index (κ2) is 17.0. The van der Waals surface area contributed by atoms with E-state index in [-0.39, 0.29) is 17.9 Å². The van der Waals surface area contributed by atoms with Crippen molar-refractivity contribution in [1.82, 2.24) is 25.8 Å². The summed E-state index contributed by atoms with van der Waals surface area (Å²) in [6, 6.07) is 23.7. The molecule has 1 saturated carbocycles. The van der Waals surface area contributed by atoms with E-state index in [0.29, 0.717) is 37.0 Å². The Hall–Kier alpha value is -4.44. The van der Waals surface area contributed by atoms with Crippen LogP contribution in [0.2, 0.25) is 0 Å². The van der Waals surface area contributed by atoms with Crippen LogP contribution in [0.3, 0.4) is 0 Å². The summed E-state index contributed by atoms with van der Waals surface area (Å²) in [4.78, 5) is 43.9. The second-order valence-corrected chi connectivity index (χ2v) is 15.3. The zero-order chi connectivity index (χ0) is 36.5. The highest BCUT2D eigenvalue weighted by Gasteiger charge is 2.33. The Balaban J connectivity index is 1.55. The van der Waals surface area contributed by atoms with Gasteiger partial charge in [-0.15, -0.1) is 0 Å². The Morgan fingerprint density at radius 1 is 0.880 bits per heavy atom. The van der Waals surface area contributed by atoms with Gasteiger partial charge in [0.2, 0.25) is 11.8 Å². The molecule has 0 saturated heterocycles. The van der Waals surface area contributed by atoms with Crippen molar-refractivity contribution in [2.24, 2.45) is 0 Å². The third-order valence-electron chi connectivity index (χ3n) is 8.69. The molecule has 0 unspecified atom stereocenters. The van der Waals surface area contributed by atoms with E-state index in [2.05, 4.69) is 40.2 Å². The van der Waals surface area contributed by atoms with Crippen LogP contribution >= 0.6 is 12.2 Å². The molecular weight excluding hydrogens is 647 g/mol. The SMILES string of the molecule is CN(C(=O)[C@@H](Cc1ccc2ccccc2c1)N(C)C(=O)C=CCC(C)(C)NC(=O)OC(C)(C)C)[C@@H](CNC(=S)NC1CC1)Cc1ccccc1. The Labute approximate surface area is 302 Å². The number of thiocarbonyl (C=S) groups is 1. The van der Waals surface area contributed by atoms with Gasteiger partial charge in [-0.25, -0.2) is 4.79 Å². The third kappa shape index (κ3) is 12.2. The van der Waals surface area contributed by atoms with Crippen LogP contribution < -0.4 is 16.0 Å². The van der Waals surface area contributed by atoms with Crippen LogP contribution in [0.25, 0.3) is 10.8 Å². The quantitative estimate of drug-likeness (QED) is 0.137. The van der Waals surface area contributed by atoms with Crippen molar-refractivity contribution in [2.45, 2.75) is 96.0 Å².